The zero-order valence-corrected chi connectivity index (χ0v) is 29.4. The second-order valence-electron chi connectivity index (χ2n) is 10.8. The second kappa shape index (κ2) is 22.2. The maximum Gasteiger partial charge on any atom is 0.187 e. The predicted octanol–water partition coefficient (Wildman–Crippen LogP) is -0.0878. The number of hydrogen-bond acceptors (Lipinski definition) is 16. The Bertz CT molecular complexity index is 781. The molecule has 0 aliphatic carbocycles. The Morgan fingerprint density at radius 3 is 1.28 bits per heavy atom. The Balaban J connectivity index is 2.41. The Kier molecular flexibility index (Phi) is 20.0. The van der Waals surface area contributed by atoms with Gasteiger partial charge in [0.1, 0.15) is 73.2 Å². The fourth-order valence-corrected chi connectivity index (χ4v) is 6.18. The summed E-state index contributed by atoms with van der Waals surface area (Å²) < 4.78 is 94.3. The van der Waals surface area contributed by atoms with Gasteiger partial charge in [-0.3, -0.25) is 0 Å². The van der Waals surface area contributed by atoms with E-state index in [1.54, 1.807) is 85.3 Å². The predicted molar refractivity (Wildman–Crippen MR) is 161 cm³/mol. The van der Waals surface area contributed by atoms with Gasteiger partial charge >= 0.3 is 0 Å². The summed E-state index contributed by atoms with van der Waals surface area (Å²) in [5.41, 5.74) is 0. The SMILES string of the molecule is COCC(OC)C(OC)C(O[C@@H]1O[C@H](COC2OC(COC)C(OC)C(OC)C2OC)[C@@H](OC)[C@H](OC)[C@H]1OC)C(COC)OC. The third kappa shape index (κ3) is 10.2. The van der Waals surface area contributed by atoms with Crippen molar-refractivity contribution in [3.63, 3.8) is 0 Å². The van der Waals surface area contributed by atoms with Crippen LogP contribution in [0.25, 0.3) is 0 Å². The molecule has 2 aliphatic heterocycles. The molecule has 0 amide bonds. The van der Waals surface area contributed by atoms with Crippen molar-refractivity contribution in [1.29, 1.82) is 0 Å². The van der Waals surface area contributed by atoms with Crippen LogP contribution in [0.3, 0.4) is 0 Å². The van der Waals surface area contributed by atoms with Crippen LogP contribution in [-0.4, -0.2) is 198 Å². The van der Waals surface area contributed by atoms with Crippen molar-refractivity contribution in [2.75, 3.05) is 112 Å². The number of methoxy groups -OCH3 is 12. The topological polar surface area (TPSA) is 148 Å². The minimum Gasteiger partial charge on any atom is -0.382 e. The van der Waals surface area contributed by atoms with Gasteiger partial charge in [-0.1, -0.05) is 0 Å². The highest BCUT2D eigenvalue weighted by molar-refractivity contribution is 4.96. The van der Waals surface area contributed by atoms with Gasteiger partial charge in [0.05, 0.1) is 26.4 Å². The summed E-state index contributed by atoms with van der Waals surface area (Å²) in [7, 11) is 18.8. The second-order valence-corrected chi connectivity index (χ2v) is 10.8. The fraction of sp³-hybridized carbons (Fsp3) is 1.00. The molecule has 0 aromatic carbocycles. The molecule has 0 N–H and O–H groups in total. The lowest BCUT2D eigenvalue weighted by molar-refractivity contribution is -0.353. The molecule has 0 spiro atoms. The van der Waals surface area contributed by atoms with Crippen LogP contribution in [0.2, 0.25) is 0 Å². The van der Waals surface area contributed by atoms with E-state index in [1.807, 2.05) is 0 Å². The first-order valence-electron chi connectivity index (χ1n) is 15.1. The highest BCUT2D eigenvalue weighted by Crippen LogP contribution is 2.33. The minimum absolute atomic E-state index is 0.00148. The summed E-state index contributed by atoms with van der Waals surface area (Å²) in [6, 6.07) is 0. The molecule has 2 fully saturated rings. The van der Waals surface area contributed by atoms with Gasteiger partial charge in [-0.05, 0) is 0 Å². The van der Waals surface area contributed by atoms with Gasteiger partial charge in [-0.15, -0.1) is 0 Å². The van der Waals surface area contributed by atoms with Gasteiger partial charge in [0.25, 0.3) is 0 Å². The molecule has 0 bridgehead atoms. The van der Waals surface area contributed by atoms with Crippen molar-refractivity contribution in [1.82, 2.24) is 0 Å². The summed E-state index contributed by atoms with van der Waals surface area (Å²) in [4.78, 5) is 0. The Hall–Kier alpha value is -0.640. The van der Waals surface area contributed by atoms with Crippen LogP contribution in [0.15, 0.2) is 0 Å². The maximum absolute atomic E-state index is 6.67. The molecule has 274 valence electrons. The van der Waals surface area contributed by atoms with Gasteiger partial charge in [0.2, 0.25) is 0 Å². The normalized spacial score (nSPS) is 34.7. The lowest BCUT2D eigenvalue weighted by Crippen LogP contribution is -2.64. The highest BCUT2D eigenvalue weighted by Gasteiger charge is 2.52. The summed E-state index contributed by atoms with van der Waals surface area (Å²) in [5.74, 6) is 0. The van der Waals surface area contributed by atoms with Crippen LogP contribution in [0.1, 0.15) is 0 Å². The van der Waals surface area contributed by atoms with Crippen LogP contribution < -0.4 is 0 Å². The third-order valence-electron chi connectivity index (χ3n) is 8.46. The molecule has 2 saturated heterocycles. The maximum atomic E-state index is 6.67. The standard InChI is InChI=1S/C30H58O16/c1-31-13-17(34-4)21(36-6)24(18(35-5)14-32-2)46-30-28(42-12)26(40-10)23(38-8)20(45-30)16-43-29-27(41-11)25(39-9)22(37-7)19(44-29)15-33-3/h17-30H,13-16H2,1-12H3/t17?,18?,19?,20-,21?,22?,23-,24?,25?,26+,27?,28-,29?,30+/m1/s1. The third-order valence-corrected chi connectivity index (χ3v) is 8.46. The van der Waals surface area contributed by atoms with E-state index in [2.05, 4.69) is 0 Å². The summed E-state index contributed by atoms with van der Waals surface area (Å²) in [6.07, 6.45) is -9.11. The molecule has 9 unspecified atom stereocenters. The summed E-state index contributed by atoms with van der Waals surface area (Å²) in [5, 5.41) is 0. The van der Waals surface area contributed by atoms with Crippen molar-refractivity contribution in [2.45, 2.75) is 85.8 Å². The number of ether oxygens (including phenoxy) is 16. The molecule has 0 aromatic rings. The average Bonchev–Trinajstić information content (AvgIpc) is 3.07. The van der Waals surface area contributed by atoms with Crippen molar-refractivity contribution >= 4 is 0 Å². The molecular weight excluding hydrogens is 616 g/mol. The van der Waals surface area contributed by atoms with Gasteiger partial charge in [0, 0.05) is 85.3 Å². The highest BCUT2D eigenvalue weighted by atomic mass is 16.8. The van der Waals surface area contributed by atoms with E-state index in [1.165, 1.54) is 0 Å². The van der Waals surface area contributed by atoms with Crippen molar-refractivity contribution < 1.29 is 75.8 Å². The molecule has 14 atom stereocenters. The van der Waals surface area contributed by atoms with Crippen LogP contribution in [0.4, 0.5) is 0 Å². The Morgan fingerprint density at radius 2 is 0.870 bits per heavy atom. The Morgan fingerprint density at radius 1 is 0.435 bits per heavy atom. The molecule has 16 nitrogen and oxygen atoms in total. The van der Waals surface area contributed by atoms with Crippen molar-refractivity contribution in [3.8, 4) is 0 Å². The van der Waals surface area contributed by atoms with Gasteiger partial charge in [-0.25, -0.2) is 0 Å². The monoisotopic (exact) mass is 674 g/mol. The van der Waals surface area contributed by atoms with Gasteiger partial charge < -0.3 is 75.8 Å². The number of rotatable bonds is 23. The number of hydrogen-bond donors (Lipinski definition) is 0. The largest absolute Gasteiger partial charge is 0.382 e. The molecule has 46 heavy (non-hydrogen) atoms. The van der Waals surface area contributed by atoms with E-state index in [4.69, 9.17) is 75.8 Å². The first kappa shape index (κ1) is 41.5. The average molecular weight is 675 g/mol. The molecule has 0 saturated carbocycles. The summed E-state index contributed by atoms with van der Waals surface area (Å²) >= 11 is 0. The van der Waals surface area contributed by atoms with Crippen molar-refractivity contribution in [2.24, 2.45) is 0 Å². The van der Waals surface area contributed by atoms with E-state index in [-0.39, 0.29) is 26.4 Å². The zero-order chi connectivity index (χ0) is 34.2. The molecule has 2 aliphatic rings. The van der Waals surface area contributed by atoms with E-state index < -0.39 is 85.8 Å². The summed E-state index contributed by atoms with van der Waals surface area (Å²) in [6.45, 7) is 0.682. The molecule has 16 heteroatoms. The first-order valence-corrected chi connectivity index (χ1v) is 15.1. The van der Waals surface area contributed by atoms with Gasteiger partial charge in [0.15, 0.2) is 12.6 Å². The lowest BCUT2D eigenvalue weighted by atomic mass is 9.97. The van der Waals surface area contributed by atoms with E-state index in [0.717, 1.165) is 0 Å². The lowest BCUT2D eigenvalue weighted by Gasteiger charge is -2.48. The molecular formula is C30H58O16. The Labute approximate surface area is 273 Å². The molecule has 0 aromatic heterocycles. The van der Waals surface area contributed by atoms with Crippen LogP contribution in [0, 0.1) is 0 Å². The zero-order valence-electron chi connectivity index (χ0n) is 29.4. The van der Waals surface area contributed by atoms with E-state index in [9.17, 15) is 0 Å². The smallest absolute Gasteiger partial charge is 0.187 e. The van der Waals surface area contributed by atoms with Crippen molar-refractivity contribution in [3.05, 3.63) is 0 Å². The molecule has 2 rings (SSSR count). The van der Waals surface area contributed by atoms with Crippen LogP contribution >= 0.6 is 0 Å². The van der Waals surface area contributed by atoms with E-state index >= 15 is 0 Å². The van der Waals surface area contributed by atoms with Crippen LogP contribution in [0.5, 0.6) is 0 Å². The quantitative estimate of drug-likeness (QED) is 0.142. The molecule has 0 radical (unpaired) electrons. The van der Waals surface area contributed by atoms with E-state index in [0.29, 0.717) is 0 Å². The fourth-order valence-electron chi connectivity index (χ4n) is 6.18. The van der Waals surface area contributed by atoms with Crippen LogP contribution in [-0.2, 0) is 75.8 Å². The first-order chi connectivity index (χ1) is 22.3. The molecule has 2 heterocycles. The van der Waals surface area contributed by atoms with Gasteiger partial charge in [-0.2, -0.15) is 0 Å². The minimum atomic E-state index is -0.997.